The van der Waals surface area contributed by atoms with Crippen LogP contribution in [0.25, 0.3) is 10.9 Å². The van der Waals surface area contributed by atoms with Gasteiger partial charge in [-0.25, -0.2) is 4.79 Å². The van der Waals surface area contributed by atoms with Gasteiger partial charge in [-0.3, -0.25) is 24.0 Å². The van der Waals surface area contributed by atoms with E-state index in [-0.39, 0.29) is 19.3 Å². The molecule has 0 saturated heterocycles. The van der Waals surface area contributed by atoms with E-state index in [4.69, 9.17) is 15.9 Å². The Labute approximate surface area is 204 Å². The van der Waals surface area contributed by atoms with Crippen LogP contribution in [0.5, 0.6) is 0 Å². The maximum atomic E-state index is 12.7. The fourth-order valence-electron chi connectivity index (χ4n) is 3.33. The second kappa shape index (κ2) is 12.9. The lowest BCUT2D eigenvalue weighted by atomic mass is 10.0. The van der Waals surface area contributed by atoms with Gasteiger partial charge in [-0.15, -0.1) is 0 Å². The number of carboxylic acid groups (broad SMARTS) is 3. The van der Waals surface area contributed by atoms with Gasteiger partial charge in [0.15, 0.2) is 0 Å². The number of amides is 3. The lowest BCUT2D eigenvalue weighted by Gasteiger charge is -2.20. The molecule has 194 valence electrons. The number of benzene rings is 1. The summed E-state index contributed by atoms with van der Waals surface area (Å²) in [5.41, 5.74) is 6.91. The van der Waals surface area contributed by atoms with Gasteiger partial charge >= 0.3 is 17.9 Å². The van der Waals surface area contributed by atoms with Crippen LogP contribution in [0.15, 0.2) is 30.5 Å². The molecule has 0 bridgehead atoms. The van der Waals surface area contributed by atoms with E-state index in [1.807, 2.05) is 0 Å². The Morgan fingerprint density at radius 3 is 2.25 bits per heavy atom. The third-order valence-corrected chi connectivity index (χ3v) is 5.17. The summed E-state index contributed by atoms with van der Waals surface area (Å²) in [6, 6.07) is 2.90. The molecule has 0 radical (unpaired) electrons. The fraction of sp³-hybridized carbons (Fsp3) is 0.364. The van der Waals surface area contributed by atoms with Crippen LogP contribution in [-0.2, 0) is 35.2 Å². The van der Waals surface area contributed by atoms with Crippen molar-refractivity contribution >= 4 is 46.5 Å². The molecule has 14 heteroatoms. The molecule has 9 N–H and O–H groups in total. The van der Waals surface area contributed by atoms with E-state index in [1.165, 1.54) is 0 Å². The molecule has 1 heterocycles. The second-order valence-electron chi connectivity index (χ2n) is 7.94. The third-order valence-electron chi connectivity index (χ3n) is 5.17. The first-order valence-electron chi connectivity index (χ1n) is 10.8. The van der Waals surface area contributed by atoms with Crippen LogP contribution in [-0.4, -0.2) is 80.6 Å². The quantitative estimate of drug-likeness (QED) is 0.148. The SMILES string of the molecule is NC(CCC(=O)O)C(=O)NCC(=O)NC(CC(=O)O)C(=O)NC(Cc1c[nH]c2ccccc12)C(=O)O. The largest absolute Gasteiger partial charge is 0.481 e. The van der Waals surface area contributed by atoms with E-state index in [0.29, 0.717) is 5.56 Å². The molecule has 1 aromatic carbocycles. The summed E-state index contributed by atoms with van der Waals surface area (Å²) in [6.07, 6.45) is 0.129. The zero-order valence-corrected chi connectivity index (χ0v) is 19.0. The number of nitrogens with one attached hydrogen (secondary N) is 4. The van der Waals surface area contributed by atoms with Crippen LogP contribution in [0.1, 0.15) is 24.8 Å². The van der Waals surface area contributed by atoms with Crippen molar-refractivity contribution in [1.82, 2.24) is 20.9 Å². The third kappa shape index (κ3) is 8.39. The first kappa shape index (κ1) is 27.8. The number of aromatic amines is 1. The Balaban J connectivity index is 2.00. The highest BCUT2D eigenvalue weighted by atomic mass is 16.4. The molecule has 0 saturated carbocycles. The number of para-hydroxylation sites is 1. The van der Waals surface area contributed by atoms with Crippen molar-refractivity contribution in [3.63, 3.8) is 0 Å². The summed E-state index contributed by atoms with van der Waals surface area (Å²) in [4.78, 5) is 73.3. The Kier molecular flexibility index (Phi) is 9.92. The molecule has 14 nitrogen and oxygen atoms in total. The number of fused-ring (bicyclic) bond motifs is 1. The number of rotatable bonds is 14. The highest BCUT2D eigenvalue weighted by Crippen LogP contribution is 2.19. The van der Waals surface area contributed by atoms with Gasteiger partial charge < -0.3 is 42.0 Å². The second-order valence-corrected chi connectivity index (χ2v) is 7.94. The maximum absolute atomic E-state index is 12.7. The Morgan fingerprint density at radius 2 is 1.61 bits per heavy atom. The van der Waals surface area contributed by atoms with Gasteiger partial charge in [0.2, 0.25) is 17.7 Å². The normalized spacial score (nSPS) is 13.2. The average molecular weight is 505 g/mol. The van der Waals surface area contributed by atoms with Gasteiger partial charge in [0, 0.05) is 29.9 Å². The summed E-state index contributed by atoms with van der Waals surface area (Å²) in [5.74, 6) is -6.73. The van der Waals surface area contributed by atoms with Crippen molar-refractivity contribution in [3.8, 4) is 0 Å². The van der Waals surface area contributed by atoms with Gasteiger partial charge in [-0.1, -0.05) is 18.2 Å². The molecule has 0 aliphatic heterocycles. The molecule has 36 heavy (non-hydrogen) atoms. The molecule has 3 unspecified atom stereocenters. The molecular formula is C22H27N5O9. The number of carbonyl (C=O) groups is 6. The Morgan fingerprint density at radius 1 is 0.917 bits per heavy atom. The Hall–Kier alpha value is -4.46. The van der Waals surface area contributed by atoms with Crippen LogP contribution >= 0.6 is 0 Å². The highest BCUT2D eigenvalue weighted by Gasteiger charge is 2.29. The first-order chi connectivity index (χ1) is 17.0. The molecule has 2 rings (SSSR count). The van der Waals surface area contributed by atoms with Gasteiger partial charge in [0.25, 0.3) is 0 Å². The van der Waals surface area contributed by atoms with Crippen molar-refractivity contribution in [3.05, 3.63) is 36.0 Å². The van der Waals surface area contributed by atoms with Crippen LogP contribution < -0.4 is 21.7 Å². The van der Waals surface area contributed by atoms with Gasteiger partial charge in [-0.05, 0) is 18.1 Å². The van der Waals surface area contributed by atoms with Gasteiger partial charge in [-0.2, -0.15) is 0 Å². The molecule has 2 aromatic rings. The number of carboxylic acids is 3. The van der Waals surface area contributed by atoms with Crippen LogP contribution in [0.2, 0.25) is 0 Å². The highest BCUT2D eigenvalue weighted by molar-refractivity contribution is 5.94. The van der Waals surface area contributed by atoms with Crippen molar-refractivity contribution in [2.75, 3.05) is 6.54 Å². The number of aromatic nitrogens is 1. The molecule has 0 aliphatic carbocycles. The first-order valence-corrected chi connectivity index (χ1v) is 10.8. The van der Waals surface area contributed by atoms with E-state index in [9.17, 15) is 33.9 Å². The van der Waals surface area contributed by atoms with Crippen molar-refractivity contribution in [2.24, 2.45) is 5.73 Å². The van der Waals surface area contributed by atoms with Crippen molar-refractivity contribution < 1.29 is 44.1 Å². The Bertz CT molecular complexity index is 1150. The maximum Gasteiger partial charge on any atom is 0.326 e. The van der Waals surface area contributed by atoms with Crippen molar-refractivity contribution in [1.29, 1.82) is 0 Å². The van der Waals surface area contributed by atoms with E-state index in [2.05, 4.69) is 20.9 Å². The molecule has 1 aromatic heterocycles. The van der Waals surface area contributed by atoms with Crippen LogP contribution in [0.4, 0.5) is 0 Å². The van der Waals surface area contributed by atoms with Crippen LogP contribution in [0, 0.1) is 0 Å². The number of H-pyrrole nitrogens is 1. The monoisotopic (exact) mass is 505 g/mol. The molecular weight excluding hydrogens is 478 g/mol. The molecule has 0 fully saturated rings. The number of nitrogens with two attached hydrogens (primary N) is 1. The number of hydrogen-bond donors (Lipinski definition) is 8. The summed E-state index contributed by atoms with van der Waals surface area (Å²) in [7, 11) is 0. The molecule has 0 aliphatic rings. The van der Waals surface area contributed by atoms with Gasteiger partial charge in [0.1, 0.15) is 12.1 Å². The van der Waals surface area contributed by atoms with Crippen molar-refractivity contribution in [2.45, 2.75) is 43.8 Å². The lowest BCUT2D eigenvalue weighted by Crippen LogP contribution is -2.54. The fourth-order valence-corrected chi connectivity index (χ4v) is 3.33. The summed E-state index contributed by atoms with van der Waals surface area (Å²) >= 11 is 0. The van der Waals surface area contributed by atoms with E-state index < -0.39 is 66.7 Å². The topological polar surface area (TPSA) is 241 Å². The number of aliphatic carboxylic acids is 3. The molecule has 3 atom stereocenters. The predicted octanol–water partition coefficient (Wildman–Crippen LogP) is -1.45. The average Bonchev–Trinajstić information content (AvgIpc) is 3.22. The van der Waals surface area contributed by atoms with Crippen LogP contribution in [0.3, 0.4) is 0 Å². The molecule has 0 spiro atoms. The summed E-state index contributed by atoms with van der Waals surface area (Å²) in [6.45, 7) is -0.666. The van der Waals surface area contributed by atoms with E-state index >= 15 is 0 Å². The predicted molar refractivity (Wildman–Crippen MR) is 124 cm³/mol. The minimum absolute atomic E-state index is 0.108. The zero-order valence-electron chi connectivity index (χ0n) is 19.0. The molecule has 3 amide bonds. The van der Waals surface area contributed by atoms with E-state index in [0.717, 1.165) is 10.9 Å². The zero-order chi connectivity index (χ0) is 26.8. The standard InChI is InChI=1S/C22H27N5O9/c23-13(5-6-18(29)30)20(33)25-10-17(28)26-15(8-19(31)32)21(34)27-16(22(35)36)7-11-9-24-14-4-2-1-3-12(11)14/h1-4,9,13,15-16,24H,5-8,10,23H2,(H,25,33)(H,26,28)(H,27,34)(H,29,30)(H,31,32)(H,35,36). The lowest BCUT2D eigenvalue weighted by molar-refractivity contribution is -0.143. The summed E-state index contributed by atoms with van der Waals surface area (Å²) in [5, 5.41) is 34.6. The smallest absolute Gasteiger partial charge is 0.326 e. The minimum atomic E-state index is -1.63. The minimum Gasteiger partial charge on any atom is -0.481 e. The number of hydrogen-bond acceptors (Lipinski definition) is 7. The van der Waals surface area contributed by atoms with Gasteiger partial charge in [0.05, 0.1) is 19.0 Å². The van der Waals surface area contributed by atoms with E-state index in [1.54, 1.807) is 30.5 Å². The summed E-state index contributed by atoms with van der Waals surface area (Å²) < 4.78 is 0. The number of carbonyl (C=O) groups excluding carboxylic acids is 3.